The van der Waals surface area contributed by atoms with Gasteiger partial charge in [0.2, 0.25) is 0 Å². The summed E-state index contributed by atoms with van der Waals surface area (Å²) in [6, 6.07) is 7.01. The zero-order chi connectivity index (χ0) is 14.5. The number of hydrogen-bond acceptors (Lipinski definition) is 4. The van der Waals surface area contributed by atoms with Crippen LogP contribution < -0.4 is 4.74 Å². The summed E-state index contributed by atoms with van der Waals surface area (Å²) < 4.78 is 5.05. The summed E-state index contributed by atoms with van der Waals surface area (Å²) >= 11 is 0. The number of benzene rings is 1. The van der Waals surface area contributed by atoms with Crippen molar-refractivity contribution in [3.8, 4) is 5.75 Å². The summed E-state index contributed by atoms with van der Waals surface area (Å²) in [5.41, 5.74) is 0.644. The van der Waals surface area contributed by atoms with E-state index in [9.17, 15) is 15.0 Å². The second-order valence-electron chi connectivity index (χ2n) is 5.42. The van der Waals surface area contributed by atoms with Crippen molar-refractivity contribution in [2.45, 2.75) is 44.3 Å². The second-order valence-corrected chi connectivity index (χ2v) is 5.42. The number of methoxy groups -OCH3 is 1. The van der Waals surface area contributed by atoms with Gasteiger partial charge < -0.3 is 14.9 Å². The molecule has 20 heavy (non-hydrogen) atoms. The van der Waals surface area contributed by atoms with Crippen molar-refractivity contribution in [3.05, 3.63) is 29.8 Å². The molecule has 2 unspecified atom stereocenters. The Kier molecular flexibility index (Phi) is 5.15. The molecule has 2 N–H and O–H groups in total. The van der Waals surface area contributed by atoms with Crippen molar-refractivity contribution in [1.82, 2.24) is 0 Å². The van der Waals surface area contributed by atoms with Gasteiger partial charge >= 0.3 is 0 Å². The van der Waals surface area contributed by atoms with Gasteiger partial charge in [0.05, 0.1) is 19.3 Å². The Morgan fingerprint density at radius 1 is 1.20 bits per heavy atom. The lowest BCUT2D eigenvalue weighted by molar-refractivity contribution is -0.0268. The Bertz CT molecular complexity index is 430. The summed E-state index contributed by atoms with van der Waals surface area (Å²) in [5, 5.41) is 19.8. The molecule has 0 aliphatic heterocycles. The molecule has 4 heteroatoms. The van der Waals surface area contributed by atoms with E-state index in [-0.39, 0.29) is 11.7 Å². The third kappa shape index (κ3) is 3.58. The maximum Gasteiger partial charge on any atom is 0.162 e. The number of rotatable bonds is 5. The lowest BCUT2D eigenvalue weighted by atomic mass is 9.80. The number of ether oxygens (including phenoxy) is 1. The molecule has 0 spiro atoms. The van der Waals surface area contributed by atoms with Gasteiger partial charge in [0, 0.05) is 17.9 Å². The molecule has 0 radical (unpaired) electrons. The maximum atomic E-state index is 12.1. The second kappa shape index (κ2) is 6.86. The Labute approximate surface area is 119 Å². The van der Waals surface area contributed by atoms with E-state index < -0.39 is 12.2 Å². The van der Waals surface area contributed by atoms with Gasteiger partial charge in [-0.05, 0) is 49.9 Å². The van der Waals surface area contributed by atoms with E-state index in [1.165, 1.54) is 0 Å². The molecule has 1 fully saturated rings. The maximum absolute atomic E-state index is 12.1. The molecule has 1 aromatic carbocycles. The molecule has 1 aliphatic rings. The fraction of sp³-hybridized carbons (Fsp3) is 0.562. The average Bonchev–Trinajstić information content (AvgIpc) is 2.46. The first-order valence-electron chi connectivity index (χ1n) is 7.15. The van der Waals surface area contributed by atoms with E-state index >= 15 is 0 Å². The van der Waals surface area contributed by atoms with E-state index in [1.54, 1.807) is 31.4 Å². The van der Waals surface area contributed by atoms with Gasteiger partial charge in [0.15, 0.2) is 5.78 Å². The molecule has 1 aromatic rings. The SMILES string of the molecule is COc1ccc(C(=O)CCC2C(O)CCCC2O)cc1. The average molecular weight is 278 g/mol. The number of hydrogen-bond donors (Lipinski definition) is 2. The highest BCUT2D eigenvalue weighted by Gasteiger charge is 2.30. The third-order valence-electron chi connectivity index (χ3n) is 4.10. The van der Waals surface area contributed by atoms with Crippen molar-refractivity contribution in [1.29, 1.82) is 0 Å². The van der Waals surface area contributed by atoms with E-state index in [1.807, 2.05) is 0 Å². The van der Waals surface area contributed by atoms with Crippen molar-refractivity contribution in [2.24, 2.45) is 5.92 Å². The van der Waals surface area contributed by atoms with E-state index in [4.69, 9.17) is 4.74 Å². The predicted molar refractivity (Wildman–Crippen MR) is 75.9 cm³/mol. The third-order valence-corrected chi connectivity index (χ3v) is 4.10. The van der Waals surface area contributed by atoms with Crippen molar-refractivity contribution >= 4 is 5.78 Å². The van der Waals surface area contributed by atoms with E-state index in [0.717, 1.165) is 25.0 Å². The first kappa shape index (κ1) is 15.0. The summed E-state index contributed by atoms with van der Waals surface area (Å²) in [7, 11) is 1.59. The molecular formula is C16H22O4. The molecular weight excluding hydrogens is 256 g/mol. The summed E-state index contributed by atoms with van der Waals surface area (Å²) in [6.45, 7) is 0. The Hall–Kier alpha value is -1.39. The summed E-state index contributed by atoms with van der Waals surface area (Å²) in [5.74, 6) is 0.586. The minimum absolute atomic E-state index is 0.0395. The van der Waals surface area contributed by atoms with E-state index in [0.29, 0.717) is 18.4 Å². The van der Waals surface area contributed by atoms with Crippen LogP contribution >= 0.6 is 0 Å². The van der Waals surface area contributed by atoms with Gasteiger partial charge in [-0.1, -0.05) is 0 Å². The van der Waals surface area contributed by atoms with Gasteiger partial charge in [0.25, 0.3) is 0 Å². The fourth-order valence-corrected chi connectivity index (χ4v) is 2.82. The smallest absolute Gasteiger partial charge is 0.162 e. The van der Waals surface area contributed by atoms with Crippen LogP contribution in [0.2, 0.25) is 0 Å². The van der Waals surface area contributed by atoms with Crippen molar-refractivity contribution in [2.75, 3.05) is 7.11 Å². The van der Waals surface area contributed by atoms with Gasteiger partial charge in [0.1, 0.15) is 5.75 Å². The number of Topliss-reactive ketones (excluding diaryl/α,β-unsaturated/α-hetero) is 1. The molecule has 110 valence electrons. The Morgan fingerprint density at radius 2 is 1.80 bits per heavy atom. The lowest BCUT2D eigenvalue weighted by Crippen LogP contribution is -2.36. The van der Waals surface area contributed by atoms with Crippen molar-refractivity contribution in [3.63, 3.8) is 0 Å². The minimum atomic E-state index is -0.484. The zero-order valence-corrected chi connectivity index (χ0v) is 11.8. The number of carbonyl (C=O) groups is 1. The van der Waals surface area contributed by atoms with Crippen LogP contribution in [-0.2, 0) is 0 Å². The van der Waals surface area contributed by atoms with Crippen LogP contribution in [0.3, 0.4) is 0 Å². The molecule has 2 atom stereocenters. The molecule has 0 heterocycles. The minimum Gasteiger partial charge on any atom is -0.497 e. The van der Waals surface area contributed by atoms with Crippen LogP contribution in [0, 0.1) is 5.92 Å². The largest absolute Gasteiger partial charge is 0.497 e. The number of carbonyl (C=O) groups excluding carboxylic acids is 1. The molecule has 2 rings (SSSR count). The predicted octanol–water partition coefficient (Wildman–Crippen LogP) is 2.18. The van der Waals surface area contributed by atoms with Gasteiger partial charge in [-0.3, -0.25) is 4.79 Å². The van der Waals surface area contributed by atoms with Crippen LogP contribution in [0.25, 0.3) is 0 Å². The first-order valence-corrected chi connectivity index (χ1v) is 7.15. The molecule has 1 saturated carbocycles. The summed E-state index contributed by atoms with van der Waals surface area (Å²) in [4.78, 5) is 12.1. The molecule has 0 amide bonds. The summed E-state index contributed by atoms with van der Waals surface area (Å²) in [6.07, 6.45) is 2.21. The van der Waals surface area contributed by atoms with Gasteiger partial charge in [-0.15, -0.1) is 0 Å². The number of aliphatic hydroxyl groups excluding tert-OH is 2. The lowest BCUT2D eigenvalue weighted by Gasteiger charge is -2.32. The zero-order valence-electron chi connectivity index (χ0n) is 11.8. The molecule has 0 aromatic heterocycles. The quantitative estimate of drug-likeness (QED) is 0.810. The Balaban J connectivity index is 1.90. The van der Waals surface area contributed by atoms with Crippen LogP contribution in [-0.4, -0.2) is 35.3 Å². The molecule has 0 bridgehead atoms. The standard InChI is InChI=1S/C16H22O4/c1-20-12-7-5-11(6-8-12)14(17)10-9-13-15(18)3-2-4-16(13)19/h5-8,13,15-16,18-19H,2-4,9-10H2,1H3. The fourth-order valence-electron chi connectivity index (χ4n) is 2.82. The highest BCUT2D eigenvalue weighted by Crippen LogP contribution is 2.29. The highest BCUT2D eigenvalue weighted by atomic mass is 16.5. The number of aliphatic hydroxyl groups is 2. The Morgan fingerprint density at radius 3 is 2.35 bits per heavy atom. The van der Waals surface area contributed by atoms with Crippen molar-refractivity contribution < 1.29 is 19.7 Å². The normalized spacial score (nSPS) is 26.2. The topological polar surface area (TPSA) is 66.8 Å². The van der Waals surface area contributed by atoms with Crippen LogP contribution in [0.15, 0.2) is 24.3 Å². The van der Waals surface area contributed by atoms with E-state index in [2.05, 4.69) is 0 Å². The highest BCUT2D eigenvalue weighted by molar-refractivity contribution is 5.96. The first-order chi connectivity index (χ1) is 9.61. The van der Waals surface area contributed by atoms with Crippen LogP contribution in [0.4, 0.5) is 0 Å². The van der Waals surface area contributed by atoms with Gasteiger partial charge in [-0.2, -0.15) is 0 Å². The monoisotopic (exact) mass is 278 g/mol. The molecule has 1 aliphatic carbocycles. The number of ketones is 1. The molecule has 4 nitrogen and oxygen atoms in total. The van der Waals surface area contributed by atoms with Gasteiger partial charge in [-0.25, -0.2) is 0 Å². The molecule has 0 saturated heterocycles. The van der Waals surface area contributed by atoms with Crippen LogP contribution in [0.1, 0.15) is 42.5 Å². The van der Waals surface area contributed by atoms with Crippen LogP contribution in [0.5, 0.6) is 5.75 Å².